The van der Waals surface area contributed by atoms with Crippen molar-refractivity contribution in [3.8, 4) is 0 Å². The maximum absolute atomic E-state index is 11.4. The summed E-state index contributed by atoms with van der Waals surface area (Å²) in [5.74, 6) is -0.382. The lowest BCUT2D eigenvalue weighted by atomic mass is 10.1. The van der Waals surface area contributed by atoms with E-state index in [0.717, 1.165) is 16.5 Å². The van der Waals surface area contributed by atoms with Crippen molar-refractivity contribution >= 4 is 16.7 Å². The summed E-state index contributed by atoms with van der Waals surface area (Å²) in [4.78, 5) is 15.7. The van der Waals surface area contributed by atoms with E-state index in [-0.39, 0.29) is 5.97 Å². The highest BCUT2D eigenvalue weighted by molar-refractivity contribution is 5.82. The molecule has 0 unspecified atom stereocenters. The molecule has 0 radical (unpaired) electrons. The molecule has 0 amide bonds. The van der Waals surface area contributed by atoms with Crippen LogP contribution in [0, 0.1) is 0 Å². The Hall–Kier alpha value is -1.94. The van der Waals surface area contributed by atoms with Crippen molar-refractivity contribution in [1.29, 1.82) is 0 Å². The highest BCUT2D eigenvalue weighted by atomic mass is 16.5. The zero-order chi connectivity index (χ0) is 13.0. The Labute approximate surface area is 106 Å². The van der Waals surface area contributed by atoms with E-state index in [1.54, 1.807) is 13.1 Å². The molecule has 0 spiro atoms. The van der Waals surface area contributed by atoms with Crippen molar-refractivity contribution in [2.75, 3.05) is 6.61 Å². The number of carbonyl (C=O) groups excluding carboxylic acids is 1. The van der Waals surface area contributed by atoms with E-state index in [1.807, 2.05) is 30.3 Å². The quantitative estimate of drug-likeness (QED) is 0.831. The molecule has 0 aliphatic heterocycles. The van der Waals surface area contributed by atoms with E-state index in [9.17, 15) is 4.79 Å². The number of ether oxygens (including phenoxy) is 1. The van der Waals surface area contributed by atoms with Crippen molar-refractivity contribution in [3.63, 3.8) is 0 Å². The van der Waals surface area contributed by atoms with Gasteiger partial charge in [0.05, 0.1) is 6.61 Å². The topological polar surface area (TPSA) is 65.2 Å². The van der Waals surface area contributed by atoms with Gasteiger partial charge in [0.1, 0.15) is 6.04 Å². The maximum atomic E-state index is 11.4. The molecule has 0 fully saturated rings. The summed E-state index contributed by atoms with van der Waals surface area (Å²) in [5.41, 5.74) is 6.57. The third-order valence-electron chi connectivity index (χ3n) is 2.71. The zero-order valence-electron chi connectivity index (χ0n) is 10.3. The van der Waals surface area contributed by atoms with Crippen LogP contribution in [0.3, 0.4) is 0 Å². The molecular weight excluding hydrogens is 228 g/mol. The minimum Gasteiger partial charge on any atom is -0.465 e. The molecule has 0 bridgehead atoms. The van der Waals surface area contributed by atoms with Gasteiger partial charge in [0, 0.05) is 23.7 Å². The van der Waals surface area contributed by atoms with E-state index in [2.05, 4.69) is 4.98 Å². The van der Waals surface area contributed by atoms with Gasteiger partial charge in [-0.2, -0.15) is 0 Å². The van der Waals surface area contributed by atoms with Crippen molar-refractivity contribution in [2.24, 2.45) is 5.73 Å². The fraction of sp³-hybridized carbons (Fsp3) is 0.286. The van der Waals surface area contributed by atoms with Crippen LogP contribution in [0.4, 0.5) is 0 Å². The molecule has 94 valence electrons. The lowest BCUT2D eigenvalue weighted by Crippen LogP contribution is -2.34. The van der Waals surface area contributed by atoms with Crippen molar-refractivity contribution < 1.29 is 9.53 Å². The summed E-state index contributed by atoms with van der Waals surface area (Å²) in [7, 11) is 0. The van der Waals surface area contributed by atoms with Gasteiger partial charge in [-0.25, -0.2) is 0 Å². The molecule has 1 aromatic heterocycles. The van der Waals surface area contributed by atoms with E-state index in [4.69, 9.17) is 10.5 Å². The number of carbonyl (C=O) groups is 1. The molecule has 1 atom stereocenters. The summed E-state index contributed by atoms with van der Waals surface area (Å²) in [6.07, 6.45) is 2.19. The van der Waals surface area contributed by atoms with Crippen molar-refractivity contribution in [1.82, 2.24) is 4.98 Å². The molecular formula is C14H16N2O2. The second kappa shape index (κ2) is 5.60. The first-order chi connectivity index (χ1) is 8.70. The van der Waals surface area contributed by atoms with E-state index in [1.165, 1.54) is 0 Å². The third-order valence-corrected chi connectivity index (χ3v) is 2.71. The van der Waals surface area contributed by atoms with Crippen LogP contribution in [-0.4, -0.2) is 23.6 Å². The number of esters is 1. The van der Waals surface area contributed by atoms with Gasteiger partial charge in [-0.3, -0.25) is 9.78 Å². The first kappa shape index (κ1) is 12.5. The van der Waals surface area contributed by atoms with Gasteiger partial charge in [-0.1, -0.05) is 24.3 Å². The van der Waals surface area contributed by atoms with Crippen molar-refractivity contribution in [2.45, 2.75) is 19.4 Å². The van der Waals surface area contributed by atoms with Crippen LogP contribution in [0.15, 0.2) is 36.5 Å². The Morgan fingerprint density at radius 3 is 2.83 bits per heavy atom. The predicted molar refractivity (Wildman–Crippen MR) is 70.1 cm³/mol. The average molecular weight is 244 g/mol. The first-order valence-corrected chi connectivity index (χ1v) is 5.96. The van der Waals surface area contributed by atoms with Crippen LogP contribution in [0.25, 0.3) is 10.8 Å². The van der Waals surface area contributed by atoms with E-state index >= 15 is 0 Å². The predicted octanol–water partition coefficient (Wildman–Crippen LogP) is 1.67. The van der Waals surface area contributed by atoms with Crippen LogP contribution >= 0.6 is 0 Å². The summed E-state index contributed by atoms with van der Waals surface area (Å²) >= 11 is 0. The second-order valence-electron chi connectivity index (χ2n) is 4.09. The number of nitrogens with zero attached hydrogens (tertiary/aromatic N) is 1. The minimum atomic E-state index is -0.654. The van der Waals surface area contributed by atoms with Gasteiger partial charge in [0.15, 0.2) is 0 Å². The van der Waals surface area contributed by atoms with E-state index < -0.39 is 6.04 Å². The number of pyridine rings is 1. The zero-order valence-corrected chi connectivity index (χ0v) is 10.3. The molecule has 18 heavy (non-hydrogen) atoms. The molecule has 0 aliphatic rings. The Balaban J connectivity index is 2.14. The van der Waals surface area contributed by atoms with Crippen molar-refractivity contribution in [3.05, 3.63) is 42.2 Å². The molecule has 0 saturated heterocycles. The number of rotatable bonds is 4. The largest absolute Gasteiger partial charge is 0.465 e. The first-order valence-electron chi connectivity index (χ1n) is 5.96. The number of nitrogens with two attached hydrogens (primary N) is 1. The fourth-order valence-electron chi connectivity index (χ4n) is 1.80. The van der Waals surface area contributed by atoms with Crippen LogP contribution in [0.2, 0.25) is 0 Å². The monoisotopic (exact) mass is 244 g/mol. The second-order valence-corrected chi connectivity index (χ2v) is 4.09. The Kier molecular flexibility index (Phi) is 3.89. The normalized spacial score (nSPS) is 12.3. The number of benzene rings is 1. The molecule has 1 aromatic carbocycles. The summed E-state index contributed by atoms with van der Waals surface area (Å²) in [6.45, 7) is 2.11. The molecule has 4 heteroatoms. The van der Waals surface area contributed by atoms with Gasteiger partial charge in [-0.05, 0) is 18.4 Å². The van der Waals surface area contributed by atoms with Gasteiger partial charge < -0.3 is 10.5 Å². The van der Waals surface area contributed by atoms with E-state index in [0.29, 0.717) is 13.0 Å². The molecule has 2 rings (SSSR count). The lowest BCUT2D eigenvalue weighted by Gasteiger charge is -2.10. The van der Waals surface area contributed by atoms with Gasteiger partial charge in [0.25, 0.3) is 0 Å². The number of hydrogen-bond donors (Lipinski definition) is 1. The highest BCUT2D eigenvalue weighted by Crippen LogP contribution is 2.14. The van der Waals surface area contributed by atoms with Gasteiger partial charge in [0.2, 0.25) is 0 Å². The molecule has 1 heterocycles. The SMILES string of the molecule is CCOC(=O)[C@H](N)Cc1cc2ccccc2cn1. The van der Waals surface area contributed by atoms with Crippen LogP contribution < -0.4 is 5.73 Å². The molecule has 0 aliphatic carbocycles. The summed E-state index contributed by atoms with van der Waals surface area (Å²) < 4.78 is 4.87. The molecule has 2 aromatic rings. The lowest BCUT2D eigenvalue weighted by molar-refractivity contribution is -0.144. The summed E-state index contributed by atoms with van der Waals surface area (Å²) in [6, 6.07) is 9.24. The average Bonchev–Trinajstić information content (AvgIpc) is 2.39. The molecule has 2 N–H and O–H groups in total. The maximum Gasteiger partial charge on any atom is 0.323 e. The Bertz CT molecular complexity index is 554. The van der Waals surface area contributed by atoms with Gasteiger partial charge in [-0.15, -0.1) is 0 Å². The van der Waals surface area contributed by atoms with Crippen LogP contribution in [-0.2, 0) is 16.0 Å². The number of hydrogen-bond acceptors (Lipinski definition) is 4. The highest BCUT2D eigenvalue weighted by Gasteiger charge is 2.15. The van der Waals surface area contributed by atoms with Crippen LogP contribution in [0.5, 0.6) is 0 Å². The minimum absolute atomic E-state index is 0.345. The smallest absolute Gasteiger partial charge is 0.323 e. The van der Waals surface area contributed by atoms with Crippen LogP contribution in [0.1, 0.15) is 12.6 Å². The number of fused-ring (bicyclic) bond motifs is 1. The summed E-state index contributed by atoms with van der Waals surface area (Å²) in [5, 5.41) is 2.17. The Morgan fingerprint density at radius 1 is 1.39 bits per heavy atom. The van der Waals surface area contributed by atoms with Gasteiger partial charge >= 0.3 is 5.97 Å². The molecule has 4 nitrogen and oxygen atoms in total. The standard InChI is InChI=1S/C14H16N2O2/c1-2-18-14(17)13(15)8-12-7-10-5-3-4-6-11(10)9-16-12/h3-7,9,13H,2,8,15H2,1H3/t13-/m1/s1. The molecule has 0 saturated carbocycles. The number of aromatic nitrogens is 1. The fourth-order valence-corrected chi connectivity index (χ4v) is 1.80. The third kappa shape index (κ3) is 2.84. The Morgan fingerprint density at radius 2 is 2.11 bits per heavy atom.